The van der Waals surface area contributed by atoms with Crippen LogP contribution in [0.3, 0.4) is 0 Å². The van der Waals surface area contributed by atoms with Crippen molar-refractivity contribution in [2.75, 3.05) is 13.2 Å². The van der Waals surface area contributed by atoms with Gasteiger partial charge in [0.2, 0.25) is 0 Å². The molecular weight excluding hydrogens is 264 g/mol. The van der Waals surface area contributed by atoms with Gasteiger partial charge in [-0.25, -0.2) is 9.78 Å². The Kier molecular flexibility index (Phi) is 6.88. The molecular formula is C13H18N2O5. The van der Waals surface area contributed by atoms with E-state index in [1.54, 1.807) is 0 Å². The van der Waals surface area contributed by atoms with Gasteiger partial charge in [0.15, 0.2) is 5.75 Å². The molecule has 1 aromatic heterocycles. The van der Waals surface area contributed by atoms with E-state index in [1.165, 1.54) is 18.3 Å². The molecule has 0 fully saturated rings. The number of aromatic nitrogens is 1. The summed E-state index contributed by atoms with van der Waals surface area (Å²) >= 11 is 0. The van der Waals surface area contributed by atoms with E-state index >= 15 is 0 Å². The average Bonchev–Trinajstić information content (AvgIpc) is 2.44. The van der Waals surface area contributed by atoms with Crippen molar-refractivity contribution in [1.29, 1.82) is 0 Å². The summed E-state index contributed by atoms with van der Waals surface area (Å²) in [5.74, 6) is -1.02. The van der Waals surface area contributed by atoms with E-state index in [4.69, 9.17) is 9.47 Å². The van der Waals surface area contributed by atoms with Gasteiger partial charge in [-0.3, -0.25) is 4.79 Å². The maximum absolute atomic E-state index is 11.4. The lowest BCUT2D eigenvalue weighted by molar-refractivity contribution is -0.142. The van der Waals surface area contributed by atoms with Crippen LogP contribution >= 0.6 is 0 Å². The fourth-order valence-electron chi connectivity index (χ4n) is 1.32. The molecule has 20 heavy (non-hydrogen) atoms. The number of esters is 1. The lowest BCUT2D eigenvalue weighted by Gasteiger charge is -2.07. The average molecular weight is 282 g/mol. The van der Waals surface area contributed by atoms with Gasteiger partial charge in [0.25, 0.3) is 5.88 Å². The van der Waals surface area contributed by atoms with Gasteiger partial charge < -0.3 is 19.9 Å². The van der Waals surface area contributed by atoms with Gasteiger partial charge >= 0.3 is 12.1 Å². The summed E-state index contributed by atoms with van der Waals surface area (Å²) in [7, 11) is 0. The minimum Gasteiger partial charge on any atom is -0.503 e. The van der Waals surface area contributed by atoms with Crippen LogP contribution in [-0.2, 0) is 9.53 Å². The van der Waals surface area contributed by atoms with Gasteiger partial charge in [-0.15, -0.1) is 0 Å². The van der Waals surface area contributed by atoms with E-state index in [-0.39, 0.29) is 18.2 Å². The number of amides is 1. The third-order valence-electron chi connectivity index (χ3n) is 2.33. The number of pyridine rings is 1. The molecule has 0 radical (unpaired) electrons. The lowest BCUT2D eigenvalue weighted by Crippen LogP contribution is -2.33. The molecule has 0 bridgehead atoms. The molecule has 1 aromatic rings. The quantitative estimate of drug-likeness (QED) is 0.582. The predicted octanol–water partition coefficient (Wildman–Crippen LogP) is 1.61. The van der Waals surface area contributed by atoms with E-state index in [0.717, 1.165) is 19.3 Å². The molecule has 0 aliphatic rings. The molecule has 0 aliphatic carbocycles. The number of rotatable bonds is 7. The largest absolute Gasteiger partial charge is 0.503 e. The Morgan fingerprint density at radius 2 is 2.20 bits per heavy atom. The summed E-state index contributed by atoms with van der Waals surface area (Å²) in [5.41, 5.74) is 0. The molecule has 0 aromatic carbocycles. The highest BCUT2D eigenvalue weighted by atomic mass is 16.6. The summed E-state index contributed by atoms with van der Waals surface area (Å²) in [6.45, 7) is 2.09. The van der Waals surface area contributed by atoms with E-state index < -0.39 is 12.1 Å². The summed E-state index contributed by atoms with van der Waals surface area (Å²) in [5, 5.41) is 11.6. The molecule has 2 N–H and O–H groups in total. The topological polar surface area (TPSA) is 97.8 Å². The number of ether oxygens (including phenoxy) is 2. The smallest absolute Gasteiger partial charge is 0.414 e. The molecule has 1 heterocycles. The van der Waals surface area contributed by atoms with Crippen molar-refractivity contribution in [2.24, 2.45) is 0 Å². The van der Waals surface area contributed by atoms with Gasteiger partial charge in [0, 0.05) is 6.20 Å². The number of nitrogens with one attached hydrogen (secondary N) is 1. The molecule has 7 nitrogen and oxygen atoms in total. The van der Waals surface area contributed by atoms with Crippen molar-refractivity contribution < 1.29 is 24.2 Å². The molecule has 0 saturated carbocycles. The van der Waals surface area contributed by atoms with Crippen LogP contribution in [0.25, 0.3) is 0 Å². The number of hydrogen-bond acceptors (Lipinski definition) is 6. The summed E-state index contributed by atoms with van der Waals surface area (Å²) in [6, 6.07) is 2.82. The van der Waals surface area contributed by atoms with Crippen LogP contribution in [0.2, 0.25) is 0 Å². The van der Waals surface area contributed by atoms with Crippen molar-refractivity contribution in [3.05, 3.63) is 18.3 Å². The zero-order chi connectivity index (χ0) is 14.8. The van der Waals surface area contributed by atoms with Crippen molar-refractivity contribution in [2.45, 2.75) is 26.2 Å². The fraction of sp³-hybridized carbons (Fsp3) is 0.462. The highest BCUT2D eigenvalue weighted by Crippen LogP contribution is 2.20. The second kappa shape index (κ2) is 8.73. The first-order valence-electron chi connectivity index (χ1n) is 6.38. The van der Waals surface area contributed by atoms with Gasteiger partial charge in [-0.05, 0) is 18.6 Å². The minimum absolute atomic E-state index is 0.221. The van der Waals surface area contributed by atoms with Gasteiger partial charge in [0.1, 0.15) is 6.54 Å². The second-order valence-electron chi connectivity index (χ2n) is 4.00. The van der Waals surface area contributed by atoms with Gasteiger partial charge in [-0.1, -0.05) is 19.8 Å². The maximum Gasteiger partial charge on any atom is 0.414 e. The number of unbranched alkanes of at least 4 members (excludes halogenated alkanes) is 2. The molecule has 1 rings (SSSR count). The fourth-order valence-corrected chi connectivity index (χ4v) is 1.32. The molecule has 7 heteroatoms. The van der Waals surface area contributed by atoms with E-state index in [1.807, 2.05) is 6.92 Å². The van der Waals surface area contributed by atoms with Crippen molar-refractivity contribution in [3.63, 3.8) is 0 Å². The number of nitrogens with zero attached hydrogens (tertiary/aromatic N) is 1. The first-order chi connectivity index (χ1) is 9.63. The Balaban J connectivity index is 2.23. The van der Waals surface area contributed by atoms with Crippen molar-refractivity contribution in [1.82, 2.24) is 10.3 Å². The SMILES string of the molecule is CCCCCOC(=O)CNC(=O)Oc1ncccc1O. The highest BCUT2D eigenvalue weighted by Gasteiger charge is 2.11. The van der Waals surface area contributed by atoms with Crippen LogP contribution in [0, 0.1) is 0 Å². The Bertz CT molecular complexity index is 450. The van der Waals surface area contributed by atoms with Crippen LogP contribution in [0.5, 0.6) is 11.6 Å². The third kappa shape index (κ3) is 6.03. The zero-order valence-electron chi connectivity index (χ0n) is 11.3. The molecule has 0 spiro atoms. The second-order valence-corrected chi connectivity index (χ2v) is 4.00. The van der Waals surface area contributed by atoms with E-state index in [9.17, 15) is 14.7 Å². The molecule has 0 aliphatic heterocycles. The minimum atomic E-state index is -0.885. The predicted molar refractivity (Wildman–Crippen MR) is 70.4 cm³/mol. The first-order valence-corrected chi connectivity index (χ1v) is 6.38. The van der Waals surface area contributed by atoms with Crippen LogP contribution in [0.4, 0.5) is 4.79 Å². The van der Waals surface area contributed by atoms with E-state index in [0.29, 0.717) is 6.61 Å². The molecule has 110 valence electrons. The number of hydrogen-bond donors (Lipinski definition) is 2. The van der Waals surface area contributed by atoms with Crippen molar-refractivity contribution in [3.8, 4) is 11.6 Å². The standard InChI is InChI=1S/C13H18N2O5/c1-2-3-4-8-19-11(17)9-15-13(18)20-12-10(16)6-5-7-14-12/h5-7,16H,2-4,8-9H2,1H3,(H,15,18). The Morgan fingerprint density at radius 3 is 2.90 bits per heavy atom. The maximum atomic E-state index is 11.4. The molecule has 0 atom stereocenters. The summed E-state index contributed by atoms with van der Waals surface area (Å²) in [6.07, 6.45) is 3.31. The molecule has 0 saturated heterocycles. The number of carbonyl (C=O) groups is 2. The number of aromatic hydroxyl groups is 1. The molecule has 1 amide bonds. The number of carbonyl (C=O) groups excluding carboxylic acids is 2. The van der Waals surface area contributed by atoms with Gasteiger partial charge in [0.05, 0.1) is 6.61 Å². The van der Waals surface area contributed by atoms with Crippen molar-refractivity contribution >= 4 is 12.1 Å². The normalized spacial score (nSPS) is 9.85. The molecule has 0 unspecified atom stereocenters. The Labute approximate surface area is 116 Å². The summed E-state index contributed by atoms with van der Waals surface area (Å²) < 4.78 is 9.61. The summed E-state index contributed by atoms with van der Waals surface area (Å²) in [4.78, 5) is 26.3. The van der Waals surface area contributed by atoms with Crippen LogP contribution in [0.1, 0.15) is 26.2 Å². The Morgan fingerprint density at radius 1 is 1.40 bits per heavy atom. The monoisotopic (exact) mass is 282 g/mol. The van der Waals surface area contributed by atoms with Crippen LogP contribution < -0.4 is 10.1 Å². The lowest BCUT2D eigenvalue weighted by atomic mass is 10.3. The van der Waals surface area contributed by atoms with E-state index in [2.05, 4.69) is 10.3 Å². The highest BCUT2D eigenvalue weighted by molar-refractivity contribution is 5.78. The zero-order valence-corrected chi connectivity index (χ0v) is 11.3. The van der Waals surface area contributed by atoms with Gasteiger partial charge in [-0.2, -0.15) is 0 Å². The Hall–Kier alpha value is -2.31. The third-order valence-corrected chi connectivity index (χ3v) is 2.33. The van der Waals surface area contributed by atoms with Crippen LogP contribution in [0.15, 0.2) is 18.3 Å². The van der Waals surface area contributed by atoms with Crippen LogP contribution in [-0.4, -0.2) is 35.3 Å². The first kappa shape index (κ1) is 15.7.